The zero-order valence-corrected chi connectivity index (χ0v) is 17.8. The Morgan fingerprint density at radius 3 is 2.77 bits per heavy atom. The molecule has 4 unspecified atom stereocenters. The molecule has 1 amide bonds. The van der Waals surface area contributed by atoms with Crippen molar-refractivity contribution in [2.24, 2.45) is 5.92 Å². The van der Waals surface area contributed by atoms with Crippen molar-refractivity contribution in [2.45, 2.75) is 50.4 Å². The highest BCUT2D eigenvalue weighted by molar-refractivity contribution is 5.82. The third kappa shape index (κ3) is 5.57. The lowest BCUT2D eigenvalue weighted by Gasteiger charge is -2.32. The van der Waals surface area contributed by atoms with Gasteiger partial charge in [0.05, 0.1) is 13.2 Å². The lowest BCUT2D eigenvalue weighted by molar-refractivity contribution is -0.528. The lowest BCUT2D eigenvalue weighted by Crippen LogP contribution is -2.49. The van der Waals surface area contributed by atoms with E-state index in [-0.39, 0.29) is 22.8 Å². The summed E-state index contributed by atoms with van der Waals surface area (Å²) in [6.45, 7) is 5.47. The largest absolute Gasteiger partial charge is 0.379 e. The Hall–Kier alpha value is -2.14. The molecule has 2 saturated heterocycles. The van der Waals surface area contributed by atoms with Gasteiger partial charge in [-0.3, -0.25) is 30.2 Å². The number of amides is 1. The van der Waals surface area contributed by atoms with Crippen LogP contribution >= 0.6 is 0 Å². The molecule has 3 heterocycles. The van der Waals surface area contributed by atoms with Crippen LogP contribution in [-0.2, 0) is 16.1 Å². The summed E-state index contributed by atoms with van der Waals surface area (Å²) in [5, 5.41) is 11.3. The number of hydrogen-bond acceptors (Lipinski definition) is 8. The predicted octanol–water partition coefficient (Wildman–Crippen LogP) is 0.423. The predicted molar refractivity (Wildman–Crippen MR) is 114 cm³/mol. The molecule has 2 aliphatic heterocycles. The summed E-state index contributed by atoms with van der Waals surface area (Å²) >= 11 is 0. The molecular weight excluding hydrogens is 400 g/mol. The van der Waals surface area contributed by atoms with Crippen molar-refractivity contribution in [3.8, 4) is 0 Å². The molecule has 4 atom stereocenters. The van der Waals surface area contributed by atoms with Crippen LogP contribution in [0.5, 0.6) is 0 Å². The molecule has 170 valence electrons. The molecule has 3 fully saturated rings. The summed E-state index contributed by atoms with van der Waals surface area (Å²) in [7, 11) is 0. The Morgan fingerprint density at radius 2 is 2.03 bits per heavy atom. The van der Waals surface area contributed by atoms with Crippen molar-refractivity contribution in [3.63, 3.8) is 0 Å². The highest BCUT2D eigenvalue weighted by atomic mass is 16.6. The molecule has 0 spiro atoms. The molecule has 3 aliphatic rings. The van der Waals surface area contributed by atoms with Crippen LogP contribution in [0, 0.1) is 16.0 Å². The molecule has 0 radical (unpaired) electrons. The first-order chi connectivity index (χ1) is 15.1. The fourth-order valence-electron chi connectivity index (χ4n) is 4.95. The molecule has 1 aromatic rings. The van der Waals surface area contributed by atoms with E-state index in [1.165, 1.54) is 0 Å². The van der Waals surface area contributed by atoms with Crippen LogP contribution < -0.4 is 10.9 Å². The first-order valence-electron chi connectivity index (χ1n) is 11.2. The van der Waals surface area contributed by atoms with Gasteiger partial charge in [0, 0.05) is 74.8 Å². The Balaban J connectivity index is 1.41. The molecule has 31 heavy (non-hydrogen) atoms. The van der Waals surface area contributed by atoms with E-state index in [9.17, 15) is 14.9 Å². The van der Waals surface area contributed by atoms with Gasteiger partial charge in [0.15, 0.2) is 0 Å². The summed E-state index contributed by atoms with van der Waals surface area (Å²) < 4.78 is 5.41. The highest BCUT2D eigenvalue weighted by Gasteiger charge is 2.47. The molecule has 1 aromatic heterocycles. The third-order valence-corrected chi connectivity index (χ3v) is 6.73. The number of aromatic nitrogens is 1. The van der Waals surface area contributed by atoms with Gasteiger partial charge in [0.2, 0.25) is 11.9 Å². The number of ether oxygens (including phenoxy) is 1. The van der Waals surface area contributed by atoms with Crippen molar-refractivity contribution >= 4 is 5.91 Å². The minimum Gasteiger partial charge on any atom is -0.379 e. The van der Waals surface area contributed by atoms with Gasteiger partial charge in [0.25, 0.3) is 0 Å². The third-order valence-electron chi connectivity index (χ3n) is 6.73. The second kappa shape index (κ2) is 10.4. The van der Waals surface area contributed by atoms with Crippen molar-refractivity contribution in [1.29, 1.82) is 0 Å². The smallest absolute Gasteiger partial charge is 0.241 e. The molecule has 4 rings (SSSR count). The first-order valence-corrected chi connectivity index (χ1v) is 11.2. The maximum Gasteiger partial charge on any atom is 0.241 e. The van der Waals surface area contributed by atoms with E-state index in [1.807, 2.05) is 17.0 Å². The average Bonchev–Trinajstić information content (AvgIpc) is 3.22. The minimum atomic E-state index is -0.562. The number of nitro groups is 1. The van der Waals surface area contributed by atoms with Gasteiger partial charge >= 0.3 is 0 Å². The second-order valence-electron chi connectivity index (χ2n) is 8.71. The Morgan fingerprint density at radius 1 is 1.26 bits per heavy atom. The summed E-state index contributed by atoms with van der Waals surface area (Å²) in [5.41, 5.74) is 7.42. The van der Waals surface area contributed by atoms with Crippen LogP contribution in [0.3, 0.4) is 0 Å². The summed E-state index contributed by atoms with van der Waals surface area (Å²) in [6, 6.07) is 2.97. The van der Waals surface area contributed by atoms with Gasteiger partial charge in [-0.25, -0.2) is 5.43 Å². The van der Waals surface area contributed by atoms with Crippen LogP contribution in [0.25, 0.3) is 0 Å². The van der Waals surface area contributed by atoms with Gasteiger partial charge in [-0.1, -0.05) is 0 Å². The maximum absolute atomic E-state index is 13.6. The van der Waals surface area contributed by atoms with Crippen LogP contribution in [0.15, 0.2) is 24.5 Å². The number of nitrogens with one attached hydrogen (secondary N) is 2. The molecule has 1 saturated carbocycles. The van der Waals surface area contributed by atoms with Crippen LogP contribution in [-0.4, -0.2) is 83.1 Å². The van der Waals surface area contributed by atoms with Gasteiger partial charge < -0.3 is 9.64 Å². The van der Waals surface area contributed by atoms with Gasteiger partial charge in [-0.2, -0.15) is 0 Å². The van der Waals surface area contributed by atoms with Gasteiger partial charge in [-0.05, 0) is 30.5 Å². The molecule has 10 nitrogen and oxygen atoms in total. The minimum absolute atomic E-state index is 0.0165. The normalized spacial score (nSPS) is 28.8. The maximum atomic E-state index is 13.6. The number of hydrazine groups is 1. The van der Waals surface area contributed by atoms with Crippen molar-refractivity contribution in [3.05, 3.63) is 40.2 Å². The second-order valence-corrected chi connectivity index (χ2v) is 8.71. The molecular formula is C21H32N6O4. The van der Waals surface area contributed by atoms with Crippen LogP contribution in [0.2, 0.25) is 0 Å². The zero-order chi connectivity index (χ0) is 21.6. The molecule has 2 N–H and O–H groups in total. The number of hydrogen-bond donors (Lipinski definition) is 2. The van der Waals surface area contributed by atoms with E-state index < -0.39 is 12.1 Å². The summed E-state index contributed by atoms with van der Waals surface area (Å²) in [6.07, 6.45) is 6.06. The quantitative estimate of drug-likeness (QED) is 0.449. The standard InChI is InChI=1S/C21H32N6O4/c28-21(20-18-14-17(27(29)30)2-3-19(18)23-24-20)26(15-16-4-6-22-7-5-16)9-1-8-25-10-12-31-13-11-25/h4-7,17-20,23-24H,1-3,8-15H2. The topological polar surface area (TPSA) is 113 Å². The number of rotatable bonds is 8. The Bertz CT molecular complexity index is 745. The number of carbonyl (C=O) groups excluding carboxylic acids is 1. The fraction of sp³-hybridized carbons (Fsp3) is 0.714. The number of carbonyl (C=O) groups is 1. The van der Waals surface area contributed by atoms with E-state index in [2.05, 4.69) is 20.7 Å². The van der Waals surface area contributed by atoms with E-state index in [4.69, 9.17) is 4.74 Å². The summed E-state index contributed by atoms with van der Waals surface area (Å²) in [5.74, 6) is -0.0429. The van der Waals surface area contributed by atoms with Crippen LogP contribution in [0.4, 0.5) is 0 Å². The SMILES string of the molecule is O=C(C1NNC2CCC([N+](=O)[O-])CC21)N(CCCN1CCOCC1)Cc1ccncc1. The van der Waals surface area contributed by atoms with Gasteiger partial charge in [-0.15, -0.1) is 0 Å². The van der Waals surface area contributed by atoms with Crippen molar-refractivity contribution in [2.75, 3.05) is 39.4 Å². The molecule has 0 aromatic carbocycles. The number of fused-ring (bicyclic) bond motifs is 1. The molecule has 1 aliphatic carbocycles. The van der Waals surface area contributed by atoms with Crippen LogP contribution in [0.1, 0.15) is 31.2 Å². The number of morpholine rings is 1. The first kappa shape index (κ1) is 22.1. The Labute approximate surface area is 182 Å². The number of pyridine rings is 1. The van der Waals surface area contributed by atoms with E-state index in [0.717, 1.165) is 44.8 Å². The highest BCUT2D eigenvalue weighted by Crippen LogP contribution is 2.32. The fourth-order valence-corrected chi connectivity index (χ4v) is 4.95. The average molecular weight is 433 g/mol. The molecule has 10 heteroatoms. The van der Waals surface area contributed by atoms with E-state index >= 15 is 0 Å². The lowest BCUT2D eigenvalue weighted by atomic mass is 9.79. The Kier molecular flexibility index (Phi) is 7.44. The molecule has 0 bridgehead atoms. The van der Waals surface area contributed by atoms with Crippen molar-refractivity contribution in [1.82, 2.24) is 25.6 Å². The summed E-state index contributed by atoms with van der Waals surface area (Å²) in [4.78, 5) is 33.0. The van der Waals surface area contributed by atoms with E-state index in [0.29, 0.717) is 32.4 Å². The number of nitrogens with zero attached hydrogens (tertiary/aromatic N) is 4. The monoisotopic (exact) mass is 432 g/mol. The zero-order valence-electron chi connectivity index (χ0n) is 17.8. The van der Waals surface area contributed by atoms with Gasteiger partial charge in [0.1, 0.15) is 6.04 Å². The van der Waals surface area contributed by atoms with E-state index in [1.54, 1.807) is 12.4 Å². The van der Waals surface area contributed by atoms with Crippen molar-refractivity contribution < 1.29 is 14.5 Å².